The van der Waals surface area contributed by atoms with Crippen LogP contribution >= 0.6 is 0 Å². The van der Waals surface area contributed by atoms with Crippen molar-refractivity contribution >= 4 is 17.7 Å². The van der Waals surface area contributed by atoms with E-state index >= 15 is 0 Å². The molecule has 0 saturated carbocycles. The second kappa shape index (κ2) is 21.3. The van der Waals surface area contributed by atoms with Crippen LogP contribution in [-0.4, -0.2) is 33.5 Å². The summed E-state index contributed by atoms with van der Waals surface area (Å²) in [4.78, 5) is 36.3. The zero-order valence-electron chi connectivity index (χ0n) is 25.7. The Morgan fingerprint density at radius 2 is 1.49 bits per heavy atom. The minimum Gasteiger partial charge on any atom is -0.479 e. The van der Waals surface area contributed by atoms with Crippen LogP contribution in [0.4, 0.5) is 0 Å². The van der Waals surface area contributed by atoms with Crippen LogP contribution in [-0.2, 0) is 27.2 Å². The molecule has 0 aliphatic heterocycles. The Morgan fingerprint density at radius 3 is 2.07 bits per heavy atom. The topological polar surface area (TPSA) is 104 Å². The van der Waals surface area contributed by atoms with Gasteiger partial charge in [-0.25, -0.2) is 4.79 Å². The number of Topliss-reactive ketones (excluding diaryl/α,β-unsaturated/α-hetero) is 1. The zero-order valence-corrected chi connectivity index (χ0v) is 25.7. The number of nitrogens with one attached hydrogen (secondary N) is 1. The SMILES string of the molecule is [CH][C@@](O)(C(=O)O)[C@H](/C=C/CCCCCCC(=O)CCCCCCC)C(=O)N[CH]Cc1ccc(CCCC(C)C)cc1. The molecule has 0 aliphatic carbocycles. The van der Waals surface area contributed by atoms with Gasteiger partial charge in [0.1, 0.15) is 5.78 Å². The first-order chi connectivity index (χ1) is 19.6. The van der Waals surface area contributed by atoms with E-state index < -0.39 is 23.4 Å². The van der Waals surface area contributed by atoms with E-state index in [1.807, 2.05) is 12.1 Å². The van der Waals surface area contributed by atoms with Crippen molar-refractivity contribution < 1.29 is 24.6 Å². The Hall–Kier alpha value is -2.47. The van der Waals surface area contributed by atoms with Crippen molar-refractivity contribution in [1.82, 2.24) is 5.32 Å². The fourth-order valence-corrected chi connectivity index (χ4v) is 4.70. The summed E-state index contributed by atoms with van der Waals surface area (Å²) in [5.74, 6) is -2.73. The number of hydrogen-bond acceptors (Lipinski definition) is 4. The van der Waals surface area contributed by atoms with Crippen molar-refractivity contribution in [1.29, 1.82) is 0 Å². The molecule has 229 valence electrons. The normalized spacial score (nSPS) is 13.8. The molecular weight excluding hydrogens is 514 g/mol. The van der Waals surface area contributed by atoms with Gasteiger partial charge in [0.05, 0.1) is 12.5 Å². The molecule has 1 aromatic carbocycles. The summed E-state index contributed by atoms with van der Waals surface area (Å²) in [5, 5.41) is 22.3. The average Bonchev–Trinajstić information content (AvgIpc) is 2.92. The van der Waals surface area contributed by atoms with Gasteiger partial charge < -0.3 is 15.5 Å². The number of carboxylic acid groups (broad SMARTS) is 1. The predicted octanol–water partition coefficient (Wildman–Crippen LogP) is 7.46. The minimum absolute atomic E-state index is 0.345. The number of unbranched alkanes of at least 4 members (excludes halogenated alkanes) is 8. The Balaban J connectivity index is 2.41. The third-order valence-electron chi connectivity index (χ3n) is 7.42. The van der Waals surface area contributed by atoms with E-state index in [2.05, 4.69) is 38.2 Å². The smallest absolute Gasteiger partial charge is 0.337 e. The van der Waals surface area contributed by atoms with Crippen molar-refractivity contribution in [2.75, 3.05) is 0 Å². The van der Waals surface area contributed by atoms with Crippen molar-refractivity contribution in [2.24, 2.45) is 11.8 Å². The van der Waals surface area contributed by atoms with Gasteiger partial charge in [-0.15, -0.1) is 0 Å². The summed E-state index contributed by atoms with van der Waals surface area (Å²) in [7, 11) is 0. The van der Waals surface area contributed by atoms with Gasteiger partial charge in [-0.2, -0.15) is 0 Å². The van der Waals surface area contributed by atoms with E-state index in [-0.39, 0.29) is 0 Å². The van der Waals surface area contributed by atoms with E-state index in [9.17, 15) is 24.6 Å². The molecule has 1 amide bonds. The monoisotopic (exact) mass is 568 g/mol. The van der Waals surface area contributed by atoms with Gasteiger partial charge in [-0.05, 0) is 62.0 Å². The Kier molecular flexibility index (Phi) is 19.0. The zero-order chi connectivity index (χ0) is 30.5. The number of aryl methyl sites for hydroxylation is 1. The van der Waals surface area contributed by atoms with Gasteiger partial charge in [0.2, 0.25) is 5.91 Å². The lowest BCUT2D eigenvalue weighted by molar-refractivity contribution is -0.160. The molecular formula is C35H54NO5. The Labute approximate surface area is 249 Å². The lowest BCUT2D eigenvalue weighted by atomic mass is 9.87. The second-order valence-corrected chi connectivity index (χ2v) is 11.7. The number of ketones is 1. The Bertz CT molecular complexity index is 904. The van der Waals surface area contributed by atoms with Gasteiger partial charge in [0.25, 0.3) is 0 Å². The average molecular weight is 569 g/mol. The van der Waals surface area contributed by atoms with Gasteiger partial charge >= 0.3 is 5.97 Å². The molecule has 0 saturated heterocycles. The fourth-order valence-electron chi connectivity index (χ4n) is 4.70. The third-order valence-corrected chi connectivity index (χ3v) is 7.42. The molecule has 0 aromatic heterocycles. The van der Waals surface area contributed by atoms with E-state index in [0.29, 0.717) is 37.4 Å². The third kappa shape index (κ3) is 16.5. The highest BCUT2D eigenvalue weighted by molar-refractivity contribution is 5.91. The molecule has 3 radical (unpaired) electrons. The number of aliphatic hydroxyl groups is 1. The summed E-state index contributed by atoms with van der Waals surface area (Å²) in [5.41, 5.74) is -0.428. The van der Waals surface area contributed by atoms with Crippen LogP contribution in [0.15, 0.2) is 36.4 Å². The first-order valence-corrected chi connectivity index (χ1v) is 15.7. The largest absolute Gasteiger partial charge is 0.479 e. The number of carbonyl (C=O) groups is 3. The summed E-state index contributed by atoms with van der Waals surface area (Å²) in [6.45, 7) is 13.8. The van der Waals surface area contributed by atoms with Crippen molar-refractivity contribution in [3.8, 4) is 0 Å². The molecule has 3 N–H and O–H groups in total. The molecule has 0 heterocycles. The number of carboxylic acids is 1. The maximum atomic E-state index is 12.8. The Morgan fingerprint density at radius 1 is 0.902 bits per heavy atom. The molecule has 0 aliphatic rings. The van der Waals surface area contributed by atoms with Crippen molar-refractivity contribution in [2.45, 2.75) is 129 Å². The van der Waals surface area contributed by atoms with E-state index in [1.54, 1.807) is 12.6 Å². The van der Waals surface area contributed by atoms with Crippen molar-refractivity contribution in [3.63, 3.8) is 0 Å². The summed E-state index contributed by atoms with van der Waals surface area (Å²) >= 11 is 0. The van der Waals surface area contributed by atoms with Crippen LogP contribution in [0.1, 0.15) is 122 Å². The van der Waals surface area contributed by atoms with Gasteiger partial charge in [-0.3, -0.25) is 9.59 Å². The minimum atomic E-state index is -2.72. The molecule has 0 unspecified atom stereocenters. The maximum Gasteiger partial charge on any atom is 0.337 e. The molecule has 1 rings (SSSR count). The second-order valence-electron chi connectivity index (χ2n) is 11.7. The first kappa shape index (κ1) is 36.6. The highest BCUT2D eigenvalue weighted by Crippen LogP contribution is 2.21. The summed E-state index contributed by atoms with van der Waals surface area (Å²) < 4.78 is 0. The van der Waals surface area contributed by atoms with E-state index in [0.717, 1.165) is 56.9 Å². The highest BCUT2D eigenvalue weighted by Gasteiger charge is 2.42. The van der Waals surface area contributed by atoms with Crippen LogP contribution in [0.2, 0.25) is 0 Å². The predicted molar refractivity (Wildman–Crippen MR) is 166 cm³/mol. The van der Waals surface area contributed by atoms with Crippen LogP contribution < -0.4 is 5.32 Å². The maximum absolute atomic E-state index is 12.8. The molecule has 0 bridgehead atoms. The molecule has 6 heteroatoms. The summed E-state index contributed by atoms with van der Waals surface area (Å²) in [6, 6.07) is 8.22. The highest BCUT2D eigenvalue weighted by atomic mass is 16.4. The molecule has 1 aromatic rings. The molecule has 41 heavy (non-hydrogen) atoms. The number of allylic oxidation sites excluding steroid dienone is 1. The van der Waals surface area contributed by atoms with Crippen LogP contribution in [0.5, 0.6) is 0 Å². The number of aliphatic carboxylic acids is 1. The quantitative estimate of drug-likeness (QED) is 0.0887. The van der Waals surface area contributed by atoms with Gasteiger partial charge in [0.15, 0.2) is 5.60 Å². The molecule has 0 spiro atoms. The molecule has 6 nitrogen and oxygen atoms in total. The first-order valence-electron chi connectivity index (χ1n) is 15.7. The van der Waals surface area contributed by atoms with Crippen LogP contribution in [0.3, 0.4) is 0 Å². The number of amides is 1. The van der Waals surface area contributed by atoms with Crippen LogP contribution in [0.25, 0.3) is 0 Å². The molecule has 0 fully saturated rings. The van der Waals surface area contributed by atoms with E-state index in [4.69, 9.17) is 6.92 Å². The number of carbonyl (C=O) groups excluding carboxylic acids is 2. The fraction of sp³-hybridized carbons (Fsp3) is 0.629. The number of benzene rings is 1. The lowest BCUT2D eigenvalue weighted by Gasteiger charge is -2.25. The van der Waals surface area contributed by atoms with Crippen molar-refractivity contribution in [3.05, 3.63) is 61.0 Å². The van der Waals surface area contributed by atoms with E-state index in [1.165, 1.54) is 37.3 Å². The summed E-state index contributed by atoms with van der Waals surface area (Å²) in [6.07, 6.45) is 18.2. The molecule has 2 atom stereocenters. The van der Waals surface area contributed by atoms with Gasteiger partial charge in [-0.1, -0.05) is 102 Å². The number of rotatable bonds is 24. The van der Waals surface area contributed by atoms with Crippen LogP contribution in [0, 0.1) is 25.3 Å². The lowest BCUT2D eigenvalue weighted by Crippen LogP contribution is -2.49. The standard InChI is InChI=1S/C35H54NO5/c1-5-6-7-10-13-19-31(37)20-14-11-8-9-12-15-21-32(35(4,41)34(39)40)33(38)36-27-26-30-24-22-29(23-25-30)18-16-17-28(2)3/h4,15,21-25,27-28,32,41H,5-14,16-20,26H2,1-3H3,(H,36,38)(H,39,40)/b21-15+/t32-,35+/m1/s1. The van der Waals surface area contributed by atoms with Gasteiger partial charge in [0, 0.05) is 19.8 Å². The number of hydrogen-bond donors (Lipinski definition) is 3.